The van der Waals surface area contributed by atoms with E-state index in [4.69, 9.17) is 11.6 Å². The van der Waals surface area contributed by atoms with E-state index in [9.17, 15) is 4.39 Å². The van der Waals surface area contributed by atoms with Crippen LogP contribution in [0, 0.1) is 5.82 Å². The number of hydrogen-bond acceptors (Lipinski definition) is 2. The minimum absolute atomic E-state index is 0.213. The summed E-state index contributed by atoms with van der Waals surface area (Å²) in [5.41, 5.74) is 0.691. The summed E-state index contributed by atoms with van der Waals surface area (Å²) >= 11 is 5.84. The lowest BCUT2D eigenvalue weighted by molar-refractivity contribution is 0.128. The Bertz CT molecular complexity index is 425. The van der Waals surface area contributed by atoms with Crippen molar-refractivity contribution >= 4 is 11.6 Å². The SMILES string of the molecule is CCCC1CN(Cc2cccc(Cl)c2F)C(C)CN1. The fraction of sp³-hybridized carbons (Fsp3) is 0.600. The number of rotatable bonds is 4. The largest absolute Gasteiger partial charge is 0.311 e. The van der Waals surface area contributed by atoms with Crippen molar-refractivity contribution in [3.05, 3.63) is 34.6 Å². The first kappa shape index (κ1) is 14.8. The number of benzene rings is 1. The molecule has 0 aliphatic carbocycles. The van der Waals surface area contributed by atoms with Crippen molar-refractivity contribution in [2.75, 3.05) is 13.1 Å². The maximum Gasteiger partial charge on any atom is 0.146 e. The number of nitrogens with one attached hydrogen (secondary N) is 1. The molecule has 1 aromatic carbocycles. The van der Waals surface area contributed by atoms with Gasteiger partial charge in [0.15, 0.2) is 0 Å². The third kappa shape index (κ3) is 3.68. The third-order valence-corrected chi connectivity index (χ3v) is 4.11. The summed E-state index contributed by atoms with van der Waals surface area (Å²) in [5.74, 6) is -0.276. The fourth-order valence-electron chi connectivity index (χ4n) is 2.65. The van der Waals surface area contributed by atoms with Crippen LogP contribution in [0.4, 0.5) is 4.39 Å². The van der Waals surface area contributed by atoms with Gasteiger partial charge in [0.05, 0.1) is 5.02 Å². The number of nitrogens with zero attached hydrogens (tertiary/aromatic N) is 1. The third-order valence-electron chi connectivity index (χ3n) is 3.82. The van der Waals surface area contributed by atoms with Crippen molar-refractivity contribution in [1.82, 2.24) is 10.2 Å². The Labute approximate surface area is 119 Å². The molecule has 0 amide bonds. The van der Waals surface area contributed by atoms with Crippen molar-refractivity contribution in [1.29, 1.82) is 0 Å². The van der Waals surface area contributed by atoms with Crippen molar-refractivity contribution in [2.24, 2.45) is 0 Å². The first-order chi connectivity index (χ1) is 9.11. The van der Waals surface area contributed by atoms with Crippen LogP contribution in [0.2, 0.25) is 5.02 Å². The zero-order chi connectivity index (χ0) is 13.8. The van der Waals surface area contributed by atoms with E-state index in [0.717, 1.165) is 13.1 Å². The van der Waals surface area contributed by atoms with Gasteiger partial charge >= 0.3 is 0 Å². The van der Waals surface area contributed by atoms with Crippen LogP contribution in [0.25, 0.3) is 0 Å². The predicted molar refractivity (Wildman–Crippen MR) is 78.0 cm³/mol. The fourth-order valence-corrected chi connectivity index (χ4v) is 2.84. The van der Waals surface area contributed by atoms with E-state index in [2.05, 4.69) is 24.1 Å². The molecule has 0 aromatic heterocycles. The highest BCUT2D eigenvalue weighted by molar-refractivity contribution is 6.30. The van der Waals surface area contributed by atoms with E-state index in [1.807, 2.05) is 12.1 Å². The van der Waals surface area contributed by atoms with E-state index in [-0.39, 0.29) is 10.8 Å². The second-order valence-corrected chi connectivity index (χ2v) is 5.79. The Kier molecular flexibility index (Phi) is 5.20. The lowest BCUT2D eigenvalue weighted by Gasteiger charge is -2.39. The first-order valence-electron chi connectivity index (χ1n) is 7.02. The molecule has 106 valence electrons. The Balaban J connectivity index is 2.05. The summed E-state index contributed by atoms with van der Waals surface area (Å²) in [7, 11) is 0. The number of halogens is 2. The van der Waals surface area contributed by atoms with Gasteiger partial charge in [0.25, 0.3) is 0 Å². The van der Waals surface area contributed by atoms with Gasteiger partial charge in [-0.1, -0.05) is 37.1 Å². The van der Waals surface area contributed by atoms with Crippen LogP contribution < -0.4 is 5.32 Å². The highest BCUT2D eigenvalue weighted by atomic mass is 35.5. The molecule has 19 heavy (non-hydrogen) atoms. The molecule has 1 aromatic rings. The Hall–Kier alpha value is -0.640. The zero-order valence-electron chi connectivity index (χ0n) is 11.6. The van der Waals surface area contributed by atoms with Crippen LogP contribution in [0.3, 0.4) is 0 Å². The summed E-state index contributed by atoms with van der Waals surface area (Å²) in [5, 5.41) is 3.76. The van der Waals surface area contributed by atoms with E-state index in [1.54, 1.807) is 6.07 Å². The summed E-state index contributed by atoms with van der Waals surface area (Å²) in [4.78, 5) is 2.34. The lowest BCUT2D eigenvalue weighted by Crippen LogP contribution is -2.54. The highest BCUT2D eigenvalue weighted by Crippen LogP contribution is 2.21. The van der Waals surface area contributed by atoms with Crippen LogP contribution in [0.5, 0.6) is 0 Å². The molecule has 1 saturated heterocycles. The molecule has 1 N–H and O–H groups in total. The first-order valence-corrected chi connectivity index (χ1v) is 7.40. The van der Waals surface area contributed by atoms with Crippen LogP contribution in [0.1, 0.15) is 32.3 Å². The van der Waals surface area contributed by atoms with Gasteiger partial charge in [-0.2, -0.15) is 0 Å². The van der Waals surface area contributed by atoms with Crippen molar-refractivity contribution in [3.63, 3.8) is 0 Å². The van der Waals surface area contributed by atoms with E-state index in [1.165, 1.54) is 12.8 Å². The Morgan fingerprint density at radius 1 is 1.47 bits per heavy atom. The molecule has 0 spiro atoms. The summed E-state index contributed by atoms with van der Waals surface area (Å²) in [6.45, 7) is 6.95. The maximum absolute atomic E-state index is 14.0. The molecule has 2 atom stereocenters. The van der Waals surface area contributed by atoms with Crippen LogP contribution in [-0.2, 0) is 6.54 Å². The molecule has 0 saturated carbocycles. The van der Waals surface area contributed by atoms with Gasteiger partial charge in [-0.05, 0) is 19.4 Å². The number of piperazine rings is 1. The summed E-state index contributed by atoms with van der Waals surface area (Å²) < 4.78 is 14.0. The average molecular weight is 285 g/mol. The zero-order valence-corrected chi connectivity index (χ0v) is 12.4. The summed E-state index contributed by atoms with van der Waals surface area (Å²) in [6, 6.07) is 6.18. The van der Waals surface area contributed by atoms with Crippen molar-refractivity contribution < 1.29 is 4.39 Å². The predicted octanol–water partition coefficient (Wildman–Crippen LogP) is 3.44. The smallest absolute Gasteiger partial charge is 0.146 e. The second kappa shape index (κ2) is 6.69. The molecule has 0 bridgehead atoms. The quantitative estimate of drug-likeness (QED) is 0.911. The van der Waals surface area contributed by atoms with Crippen molar-refractivity contribution in [2.45, 2.75) is 45.3 Å². The molecular weight excluding hydrogens is 263 g/mol. The molecule has 0 radical (unpaired) electrons. The minimum Gasteiger partial charge on any atom is -0.311 e. The van der Waals surface area contributed by atoms with E-state index < -0.39 is 0 Å². The van der Waals surface area contributed by atoms with Gasteiger partial charge in [-0.25, -0.2) is 4.39 Å². The lowest BCUT2D eigenvalue weighted by atomic mass is 10.0. The van der Waals surface area contributed by atoms with Gasteiger partial charge in [0.1, 0.15) is 5.82 Å². The molecule has 1 aliphatic rings. The molecule has 1 aliphatic heterocycles. The van der Waals surface area contributed by atoms with Gasteiger partial charge in [-0.15, -0.1) is 0 Å². The number of hydrogen-bond donors (Lipinski definition) is 1. The van der Waals surface area contributed by atoms with Crippen LogP contribution in [0.15, 0.2) is 18.2 Å². The molecular formula is C15H22ClFN2. The van der Waals surface area contributed by atoms with Gasteiger partial charge in [0, 0.05) is 37.3 Å². The standard InChI is InChI=1S/C15H22ClFN2/c1-3-5-13-10-19(11(2)8-18-13)9-12-6-4-7-14(16)15(12)17/h4,6-7,11,13,18H,3,5,8-10H2,1-2H3. The second-order valence-electron chi connectivity index (χ2n) is 5.39. The Morgan fingerprint density at radius 2 is 2.26 bits per heavy atom. The maximum atomic E-state index is 14.0. The van der Waals surface area contributed by atoms with E-state index >= 15 is 0 Å². The molecule has 1 heterocycles. The summed E-state index contributed by atoms with van der Waals surface area (Å²) in [6.07, 6.45) is 2.34. The molecule has 2 nitrogen and oxygen atoms in total. The monoisotopic (exact) mass is 284 g/mol. The average Bonchev–Trinajstić information content (AvgIpc) is 2.39. The highest BCUT2D eigenvalue weighted by Gasteiger charge is 2.25. The molecule has 2 rings (SSSR count). The van der Waals surface area contributed by atoms with E-state index in [0.29, 0.717) is 24.2 Å². The minimum atomic E-state index is -0.276. The Morgan fingerprint density at radius 3 is 3.00 bits per heavy atom. The van der Waals surface area contributed by atoms with Crippen LogP contribution in [-0.4, -0.2) is 30.1 Å². The van der Waals surface area contributed by atoms with Crippen LogP contribution >= 0.6 is 11.6 Å². The van der Waals surface area contributed by atoms with Crippen molar-refractivity contribution in [3.8, 4) is 0 Å². The topological polar surface area (TPSA) is 15.3 Å². The molecule has 1 fully saturated rings. The van der Waals surface area contributed by atoms with Gasteiger partial charge < -0.3 is 5.32 Å². The molecule has 4 heteroatoms. The molecule has 2 unspecified atom stereocenters. The normalized spacial score (nSPS) is 24.6. The van der Waals surface area contributed by atoms with Gasteiger partial charge in [0.2, 0.25) is 0 Å². The van der Waals surface area contributed by atoms with Gasteiger partial charge in [-0.3, -0.25) is 4.90 Å².